The van der Waals surface area contributed by atoms with Crippen LogP contribution in [-0.2, 0) is 4.79 Å². The number of amides is 1. The third kappa shape index (κ3) is 3.89. The lowest BCUT2D eigenvalue weighted by atomic mass is 9.96. The van der Waals surface area contributed by atoms with Crippen LogP contribution in [0.1, 0.15) is 34.8 Å². The Balaban J connectivity index is 1.84. The number of carboxylic acid groups (broad SMARTS) is 1. The average Bonchev–Trinajstić information content (AvgIpc) is 3.24. The van der Waals surface area contributed by atoms with Crippen molar-refractivity contribution >= 4 is 11.9 Å². The quantitative estimate of drug-likeness (QED) is 0.637. The Morgan fingerprint density at radius 2 is 1.68 bits per heavy atom. The van der Waals surface area contributed by atoms with Gasteiger partial charge in [0.2, 0.25) is 0 Å². The first kappa shape index (κ1) is 20.6. The lowest BCUT2D eigenvalue weighted by Gasteiger charge is -2.30. The van der Waals surface area contributed by atoms with E-state index in [-0.39, 0.29) is 5.82 Å². The summed E-state index contributed by atoms with van der Waals surface area (Å²) in [6.07, 6.45) is 0.795. The molecule has 1 aliphatic rings. The summed E-state index contributed by atoms with van der Waals surface area (Å²) < 4.78 is 18.9. The largest absolute Gasteiger partial charge is 0.496 e. The third-order valence-electron chi connectivity index (χ3n) is 5.70. The maximum absolute atomic E-state index is 13.9. The smallest absolute Gasteiger partial charge is 0.326 e. The molecule has 2 unspecified atom stereocenters. The summed E-state index contributed by atoms with van der Waals surface area (Å²) in [5.41, 5.74) is 2.51. The lowest BCUT2D eigenvalue weighted by Crippen LogP contribution is -2.42. The van der Waals surface area contributed by atoms with Gasteiger partial charge in [0.25, 0.3) is 5.91 Å². The average molecular weight is 419 g/mol. The number of aliphatic carboxylic acids is 1. The van der Waals surface area contributed by atoms with E-state index in [0.717, 1.165) is 5.56 Å². The van der Waals surface area contributed by atoms with E-state index in [0.29, 0.717) is 35.3 Å². The number of nitrogens with zero attached hydrogens (tertiary/aromatic N) is 1. The molecule has 3 aromatic rings. The van der Waals surface area contributed by atoms with Gasteiger partial charge in [-0.1, -0.05) is 54.6 Å². The fraction of sp³-hybridized carbons (Fsp3) is 0.200. The Morgan fingerprint density at radius 1 is 0.968 bits per heavy atom. The molecule has 3 aromatic carbocycles. The Hall–Kier alpha value is -3.67. The second-order valence-corrected chi connectivity index (χ2v) is 7.46. The van der Waals surface area contributed by atoms with Gasteiger partial charge in [-0.3, -0.25) is 4.79 Å². The Kier molecular flexibility index (Phi) is 5.71. The van der Waals surface area contributed by atoms with Gasteiger partial charge in [-0.15, -0.1) is 0 Å². The molecule has 5 nitrogen and oxygen atoms in total. The van der Waals surface area contributed by atoms with Crippen LogP contribution < -0.4 is 4.74 Å². The first-order valence-electron chi connectivity index (χ1n) is 10.0. The molecule has 0 saturated carbocycles. The number of benzene rings is 3. The minimum atomic E-state index is -1.06. The predicted molar refractivity (Wildman–Crippen MR) is 114 cm³/mol. The molecular formula is C25H22FNO4. The summed E-state index contributed by atoms with van der Waals surface area (Å²) in [7, 11) is 1.48. The van der Waals surface area contributed by atoms with Gasteiger partial charge in [-0.05, 0) is 47.7 Å². The normalized spacial score (nSPS) is 18.1. The summed E-state index contributed by atoms with van der Waals surface area (Å²) >= 11 is 0. The highest BCUT2D eigenvalue weighted by Crippen LogP contribution is 2.40. The first-order valence-corrected chi connectivity index (χ1v) is 10.0. The molecule has 158 valence electrons. The van der Waals surface area contributed by atoms with Gasteiger partial charge in [0.05, 0.1) is 18.7 Å². The predicted octanol–water partition coefficient (Wildman–Crippen LogP) is 4.93. The molecule has 2 atom stereocenters. The number of halogens is 1. The highest BCUT2D eigenvalue weighted by Gasteiger charge is 2.43. The summed E-state index contributed by atoms with van der Waals surface area (Å²) in [6.45, 7) is 0. The lowest BCUT2D eigenvalue weighted by molar-refractivity contribution is -0.141. The zero-order valence-corrected chi connectivity index (χ0v) is 17.0. The summed E-state index contributed by atoms with van der Waals surface area (Å²) in [4.78, 5) is 27.3. The number of carbonyl (C=O) groups is 2. The molecule has 0 spiro atoms. The maximum Gasteiger partial charge on any atom is 0.326 e. The number of methoxy groups -OCH3 is 1. The Bertz CT molecular complexity index is 1100. The Morgan fingerprint density at radius 3 is 2.32 bits per heavy atom. The van der Waals surface area contributed by atoms with E-state index >= 15 is 0 Å². The van der Waals surface area contributed by atoms with Crippen molar-refractivity contribution in [1.29, 1.82) is 0 Å². The fourth-order valence-electron chi connectivity index (χ4n) is 4.26. The molecule has 0 bridgehead atoms. The molecule has 1 aliphatic heterocycles. The van der Waals surface area contributed by atoms with E-state index in [1.165, 1.54) is 24.1 Å². The number of ether oxygens (including phenoxy) is 1. The summed E-state index contributed by atoms with van der Waals surface area (Å²) in [5.74, 6) is -1.49. The van der Waals surface area contributed by atoms with Crippen LogP contribution in [0.5, 0.6) is 5.75 Å². The minimum absolute atomic E-state index is 0.316. The van der Waals surface area contributed by atoms with E-state index in [1.54, 1.807) is 24.3 Å². The van der Waals surface area contributed by atoms with Crippen molar-refractivity contribution in [2.24, 2.45) is 0 Å². The molecular weight excluding hydrogens is 397 g/mol. The van der Waals surface area contributed by atoms with E-state index < -0.39 is 24.0 Å². The molecule has 0 radical (unpaired) electrons. The molecule has 0 aliphatic carbocycles. The molecule has 1 heterocycles. The molecule has 1 fully saturated rings. The Labute approximate surface area is 179 Å². The third-order valence-corrected chi connectivity index (χ3v) is 5.70. The first-order chi connectivity index (χ1) is 15.0. The van der Waals surface area contributed by atoms with Crippen LogP contribution in [0.3, 0.4) is 0 Å². The zero-order chi connectivity index (χ0) is 22.0. The summed E-state index contributed by atoms with van der Waals surface area (Å²) in [5, 5.41) is 9.82. The molecule has 0 aromatic heterocycles. The molecule has 4 rings (SSSR count). The second-order valence-electron chi connectivity index (χ2n) is 7.46. The van der Waals surface area contributed by atoms with Crippen molar-refractivity contribution < 1.29 is 23.8 Å². The maximum atomic E-state index is 13.9. The molecule has 1 amide bonds. The van der Waals surface area contributed by atoms with E-state index in [2.05, 4.69) is 0 Å². The van der Waals surface area contributed by atoms with Gasteiger partial charge in [0.1, 0.15) is 17.6 Å². The highest BCUT2D eigenvalue weighted by molar-refractivity contribution is 6.05. The number of rotatable bonds is 5. The van der Waals surface area contributed by atoms with Gasteiger partial charge in [-0.2, -0.15) is 0 Å². The zero-order valence-electron chi connectivity index (χ0n) is 17.0. The number of carboxylic acids is 1. The number of hydrogen-bond donors (Lipinski definition) is 1. The van der Waals surface area contributed by atoms with Crippen LogP contribution in [0.4, 0.5) is 4.39 Å². The number of likely N-dealkylation sites (tertiary alicyclic amines) is 1. The van der Waals surface area contributed by atoms with Crippen LogP contribution >= 0.6 is 0 Å². The van der Waals surface area contributed by atoms with Crippen molar-refractivity contribution in [3.8, 4) is 16.9 Å². The van der Waals surface area contributed by atoms with E-state index in [9.17, 15) is 19.1 Å². The topological polar surface area (TPSA) is 66.8 Å². The van der Waals surface area contributed by atoms with Gasteiger partial charge in [0, 0.05) is 0 Å². The fourth-order valence-corrected chi connectivity index (χ4v) is 4.26. The van der Waals surface area contributed by atoms with E-state index in [1.807, 2.05) is 36.4 Å². The van der Waals surface area contributed by atoms with Crippen molar-refractivity contribution in [1.82, 2.24) is 4.90 Å². The molecule has 1 saturated heterocycles. The van der Waals surface area contributed by atoms with Crippen LogP contribution in [0.2, 0.25) is 0 Å². The van der Waals surface area contributed by atoms with Crippen LogP contribution in [0.15, 0.2) is 72.8 Å². The molecule has 6 heteroatoms. The SMILES string of the molecule is COc1cccc(-c2ccccc2)c1C(=O)N1C(C(=O)O)CCC1c1ccc(F)cc1. The molecule has 1 N–H and O–H groups in total. The minimum Gasteiger partial charge on any atom is -0.496 e. The molecule has 31 heavy (non-hydrogen) atoms. The van der Waals surface area contributed by atoms with Gasteiger partial charge < -0.3 is 14.7 Å². The van der Waals surface area contributed by atoms with Crippen molar-refractivity contribution in [3.05, 3.63) is 89.7 Å². The van der Waals surface area contributed by atoms with Crippen LogP contribution in [0, 0.1) is 5.82 Å². The van der Waals surface area contributed by atoms with Crippen LogP contribution in [0.25, 0.3) is 11.1 Å². The van der Waals surface area contributed by atoms with Gasteiger partial charge in [-0.25, -0.2) is 9.18 Å². The summed E-state index contributed by atoms with van der Waals surface area (Å²) in [6, 6.07) is 19.1. The number of carbonyl (C=O) groups excluding carboxylic acids is 1. The van der Waals surface area contributed by atoms with Crippen molar-refractivity contribution in [2.75, 3.05) is 7.11 Å². The monoisotopic (exact) mass is 419 g/mol. The van der Waals surface area contributed by atoms with Gasteiger partial charge >= 0.3 is 5.97 Å². The van der Waals surface area contributed by atoms with Crippen LogP contribution in [-0.4, -0.2) is 35.0 Å². The highest BCUT2D eigenvalue weighted by atomic mass is 19.1. The van der Waals surface area contributed by atoms with Crippen molar-refractivity contribution in [2.45, 2.75) is 24.9 Å². The number of hydrogen-bond acceptors (Lipinski definition) is 3. The van der Waals surface area contributed by atoms with E-state index in [4.69, 9.17) is 4.74 Å². The standard InChI is InChI=1S/C25H22FNO4/c1-31-22-9-5-8-19(16-6-3-2-4-7-16)23(22)24(28)27-20(14-15-21(27)25(29)30)17-10-12-18(26)13-11-17/h2-13,20-21H,14-15H2,1H3,(H,29,30). The van der Waals surface area contributed by atoms with Gasteiger partial charge in [0.15, 0.2) is 0 Å². The second kappa shape index (κ2) is 8.60. The van der Waals surface area contributed by atoms with Crippen molar-refractivity contribution in [3.63, 3.8) is 0 Å².